The van der Waals surface area contributed by atoms with Crippen LogP contribution in [-0.4, -0.2) is 46.8 Å². The zero-order valence-corrected chi connectivity index (χ0v) is 22.8. The summed E-state index contributed by atoms with van der Waals surface area (Å²) in [6.07, 6.45) is 1.59. The molecule has 0 amide bonds. The average Bonchev–Trinajstić information content (AvgIpc) is 2.87. The summed E-state index contributed by atoms with van der Waals surface area (Å²) in [4.78, 5) is 11.3. The SMILES string of the molecule is CC.CC(=N)c1c(N)nc(-c2ccc(NSc3cc(Cl)ccc3F)c(F)c2)nc1OC1CCN(C)CC1. The Morgan fingerprint density at radius 1 is 1.14 bits per heavy atom. The van der Waals surface area contributed by atoms with Gasteiger partial charge in [0.1, 0.15) is 23.6 Å². The van der Waals surface area contributed by atoms with Crippen molar-refractivity contribution in [1.82, 2.24) is 14.9 Å². The monoisotopic (exact) mass is 548 g/mol. The van der Waals surface area contributed by atoms with Crippen molar-refractivity contribution >= 4 is 40.8 Å². The highest BCUT2D eigenvalue weighted by Gasteiger charge is 2.23. The van der Waals surface area contributed by atoms with Crippen LogP contribution in [0.25, 0.3) is 11.4 Å². The quantitative estimate of drug-likeness (QED) is 0.224. The van der Waals surface area contributed by atoms with Gasteiger partial charge in [-0.3, -0.25) is 0 Å². The van der Waals surface area contributed by atoms with Crippen LogP contribution in [0.1, 0.15) is 39.2 Å². The molecule has 37 heavy (non-hydrogen) atoms. The fourth-order valence-electron chi connectivity index (χ4n) is 3.69. The van der Waals surface area contributed by atoms with Crippen molar-refractivity contribution in [1.29, 1.82) is 5.41 Å². The molecular weight excluding hydrogens is 518 g/mol. The van der Waals surface area contributed by atoms with Gasteiger partial charge in [-0.2, -0.15) is 4.98 Å². The number of nitrogen functional groups attached to an aromatic ring is 1. The van der Waals surface area contributed by atoms with Crippen molar-refractivity contribution in [2.45, 2.75) is 44.6 Å². The molecule has 7 nitrogen and oxygen atoms in total. The van der Waals surface area contributed by atoms with E-state index in [4.69, 9.17) is 27.5 Å². The first-order valence-electron chi connectivity index (χ1n) is 12.0. The fourth-order valence-corrected chi connectivity index (χ4v) is 4.66. The highest BCUT2D eigenvalue weighted by Crippen LogP contribution is 2.32. The molecule has 1 fully saturated rings. The summed E-state index contributed by atoms with van der Waals surface area (Å²) >= 11 is 6.82. The van der Waals surface area contributed by atoms with E-state index in [1.807, 2.05) is 13.8 Å². The molecule has 4 rings (SSSR count). The van der Waals surface area contributed by atoms with E-state index < -0.39 is 11.6 Å². The van der Waals surface area contributed by atoms with Crippen LogP contribution in [0, 0.1) is 17.0 Å². The van der Waals surface area contributed by atoms with Crippen molar-refractivity contribution in [3.63, 3.8) is 0 Å². The summed E-state index contributed by atoms with van der Waals surface area (Å²) in [6.45, 7) is 7.39. The molecule has 0 unspecified atom stereocenters. The summed E-state index contributed by atoms with van der Waals surface area (Å²) in [6, 6.07) is 8.55. The number of aromatic nitrogens is 2. The molecule has 2 aromatic carbocycles. The summed E-state index contributed by atoms with van der Waals surface area (Å²) in [5.41, 5.74) is 7.23. The molecule has 0 spiro atoms. The number of nitrogens with one attached hydrogen (secondary N) is 2. The minimum atomic E-state index is -0.579. The van der Waals surface area contributed by atoms with E-state index in [2.05, 4.69) is 26.6 Å². The number of nitrogens with two attached hydrogens (primary N) is 1. The third kappa shape index (κ3) is 7.30. The van der Waals surface area contributed by atoms with Crippen molar-refractivity contribution in [2.24, 2.45) is 0 Å². The lowest BCUT2D eigenvalue weighted by Crippen LogP contribution is -2.36. The zero-order valence-electron chi connectivity index (χ0n) is 21.2. The lowest BCUT2D eigenvalue weighted by molar-refractivity contribution is 0.110. The Kier molecular flexibility index (Phi) is 10.1. The summed E-state index contributed by atoms with van der Waals surface area (Å²) in [5.74, 6) is -0.533. The predicted molar refractivity (Wildman–Crippen MR) is 148 cm³/mol. The standard InChI is InChI=1S/C24H25ClF2N6OS.C2H6/c1-13(28)21-22(29)30-23(31-24(21)34-16-7-9-33(2)10-8-16)14-3-6-19(18(27)11-14)32-35-20-12-15(25)4-5-17(20)26;1-2/h3-6,11-12,16,28,32H,7-10H2,1-2H3,(H2,29,30,31);1-2H3. The lowest BCUT2D eigenvalue weighted by atomic mass is 10.1. The van der Waals surface area contributed by atoms with Gasteiger partial charge in [0.25, 0.3) is 0 Å². The molecule has 11 heteroatoms. The maximum atomic E-state index is 14.9. The van der Waals surface area contributed by atoms with Gasteiger partial charge in [-0.1, -0.05) is 25.4 Å². The maximum absolute atomic E-state index is 14.9. The number of likely N-dealkylation sites (tertiary alicyclic amines) is 1. The molecular formula is C26H31ClF2N6OS. The highest BCUT2D eigenvalue weighted by atomic mass is 35.5. The Bertz CT molecular complexity index is 1250. The predicted octanol–water partition coefficient (Wildman–Crippen LogP) is 6.66. The van der Waals surface area contributed by atoms with Crippen molar-refractivity contribution in [3.8, 4) is 17.3 Å². The number of hydrogen-bond donors (Lipinski definition) is 3. The number of halogens is 3. The first kappa shape index (κ1) is 28.6. The van der Waals surface area contributed by atoms with Crippen LogP contribution < -0.4 is 15.2 Å². The van der Waals surface area contributed by atoms with Gasteiger partial charge in [-0.05, 0) is 75.2 Å². The molecule has 0 aliphatic carbocycles. The normalized spacial score (nSPS) is 14.0. The van der Waals surface area contributed by atoms with Crippen molar-refractivity contribution in [2.75, 3.05) is 30.6 Å². The topological polar surface area (TPSA) is 100 Å². The Morgan fingerprint density at radius 2 is 1.84 bits per heavy atom. The van der Waals surface area contributed by atoms with Gasteiger partial charge in [-0.15, -0.1) is 0 Å². The van der Waals surface area contributed by atoms with E-state index in [1.165, 1.54) is 30.3 Å². The van der Waals surface area contributed by atoms with Crippen LogP contribution in [0.15, 0.2) is 41.3 Å². The summed E-state index contributed by atoms with van der Waals surface area (Å²) in [5, 5.41) is 8.47. The lowest BCUT2D eigenvalue weighted by Gasteiger charge is -2.29. The second-order valence-electron chi connectivity index (χ2n) is 8.33. The van der Waals surface area contributed by atoms with Gasteiger partial charge in [-0.25, -0.2) is 13.8 Å². The molecule has 0 saturated carbocycles. The Labute approximate surface area is 225 Å². The third-order valence-corrected chi connectivity index (χ3v) is 6.70. The molecule has 4 N–H and O–H groups in total. The van der Waals surface area contributed by atoms with Gasteiger partial charge in [0.2, 0.25) is 5.88 Å². The van der Waals surface area contributed by atoms with Gasteiger partial charge >= 0.3 is 0 Å². The van der Waals surface area contributed by atoms with Crippen LogP contribution in [0.5, 0.6) is 5.88 Å². The average molecular weight is 549 g/mol. The van der Waals surface area contributed by atoms with Gasteiger partial charge in [0.05, 0.1) is 16.1 Å². The Hall–Kier alpha value is -2.95. The maximum Gasteiger partial charge on any atom is 0.228 e. The molecule has 198 valence electrons. The minimum Gasteiger partial charge on any atom is -0.474 e. The highest BCUT2D eigenvalue weighted by molar-refractivity contribution is 8.00. The van der Waals surface area contributed by atoms with Crippen LogP contribution in [-0.2, 0) is 0 Å². The first-order valence-corrected chi connectivity index (χ1v) is 13.2. The largest absolute Gasteiger partial charge is 0.474 e. The number of rotatable bonds is 7. The van der Waals surface area contributed by atoms with E-state index >= 15 is 0 Å². The Morgan fingerprint density at radius 3 is 2.49 bits per heavy atom. The number of anilines is 2. The molecule has 1 aliphatic rings. The van der Waals surface area contributed by atoms with Crippen LogP contribution in [0.2, 0.25) is 5.02 Å². The van der Waals surface area contributed by atoms with E-state index in [1.54, 1.807) is 13.0 Å². The zero-order chi connectivity index (χ0) is 27.1. The number of benzene rings is 2. The van der Waals surface area contributed by atoms with Crippen molar-refractivity contribution < 1.29 is 13.5 Å². The van der Waals surface area contributed by atoms with Gasteiger partial charge in [0, 0.05) is 29.4 Å². The number of ether oxygens (including phenoxy) is 1. The minimum absolute atomic E-state index is 0.0568. The number of hydrogen-bond acceptors (Lipinski definition) is 8. The summed E-state index contributed by atoms with van der Waals surface area (Å²) < 4.78 is 37.8. The second-order valence-corrected chi connectivity index (χ2v) is 9.62. The molecule has 2 heterocycles. The van der Waals surface area contributed by atoms with Crippen LogP contribution in [0.3, 0.4) is 0 Å². The molecule has 3 aromatic rings. The van der Waals surface area contributed by atoms with Gasteiger partial charge < -0.3 is 25.5 Å². The first-order chi connectivity index (χ1) is 17.7. The van der Waals surface area contributed by atoms with E-state index in [9.17, 15) is 8.78 Å². The van der Waals surface area contributed by atoms with Crippen LogP contribution >= 0.6 is 23.5 Å². The van der Waals surface area contributed by atoms with Crippen LogP contribution in [0.4, 0.5) is 20.3 Å². The third-order valence-electron chi connectivity index (χ3n) is 5.61. The van der Waals surface area contributed by atoms with Crippen molar-refractivity contribution in [3.05, 3.63) is 58.6 Å². The number of piperidine rings is 1. The van der Waals surface area contributed by atoms with E-state index in [0.717, 1.165) is 37.9 Å². The molecule has 0 radical (unpaired) electrons. The fraction of sp³-hybridized carbons (Fsp3) is 0.346. The van der Waals surface area contributed by atoms with E-state index in [0.29, 0.717) is 16.1 Å². The molecule has 1 aliphatic heterocycles. The van der Waals surface area contributed by atoms with E-state index in [-0.39, 0.29) is 39.9 Å². The van der Waals surface area contributed by atoms with Gasteiger partial charge in [0.15, 0.2) is 5.82 Å². The second kappa shape index (κ2) is 13.0. The molecule has 0 bridgehead atoms. The molecule has 1 aromatic heterocycles. The number of nitrogens with zero attached hydrogens (tertiary/aromatic N) is 3. The smallest absolute Gasteiger partial charge is 0.228 e. The Balaban J connectivity index is 0.00000186. The molecule has 0 atom stereocenters. The molecule has 1 saturated heterocycles. The summed E-state index contributed by atoms with van der Waals surface area (Å²) in [7, 11) is 2.06.